The highest BCUT2D eigenvalue weighted by Crippen LogP contribution is 2.19. The Kier molecular flexibility index (Phi) is 3.80. The van der Waals surface area contributed by atoms with Crippen LogP contribution in [0.3, 0.4) is 0 Å². The second-order valence-electron chi connectivity index (χ2n) is 5.19. The predicted molar refractivity (Wildman–Crippen MR) is 78.6 cm³/mol. The van der Waals surface area contributed by atoms with Crippen molar-refractivity contribution in [3.05, 3.63) is 30.2 Å². The fourth-order valence-corrected chi connectivity index (χ4v) is 2.47. The molecule has 1 saturated heterocycles. The molecule has 0 unspecified atom stereocenters. The van der Waals surface area contributed by atoms with Crippen molar-refractivity contribution in [2.75, 3.05) is 23.3 Å². The molecule has 0 spiro atoms. The minimum Gasteiger partial charge on any atom is -0.378 e. The van der Waals surface area contributed by atoms with Crippen LogP contribution in [0.4, 0.5) is 11.5 Å². The molecule has 2 aromatic rings. The van der Waals surface area contributed by atoms with Crippen molar-refractivity contribution in [1.82, 2.24) is 20.0 Å². The predicted octanol–water partition coefficient (Wildman–Crippen LogP) is 1.81. The highest BCUT2D eigenvalue weighted by Gasteiger charge is 2.11. The number of anilines is 2. The molecule has 0 aliphatic carbocycles. The molecule has 3 heterocycles. The zero-order valence-electron chi connectivity index (χ0n) is 11.8. The Bertz CT molecular complexity index is 541. The molecule has 20 heavy (non-hydrogen) atoms. The summed E-state index contributed by atoms with van der Waals surface area (Å²) in [5.74, 6) is 1.08. The lowest BCUT2D eigenvalue weighted by molar-refractivity contribution is 0.573. The Hall–Kier alpha value is -2.11. The summed E-state index contributed by atoms with van der Waals surface area (Å²) in [6.45, 7) is 2.91. The van der Waals surface area contributed by atoms with E-state index in [1.165, 1.54) is 19.3 Å². The van der Waals surface area contributed by atoms with E-state index >= 15 is 0 Å². The van der Waals surface area contributed by atoms with E-state index < -0.39 is 0 Å². The molecule has 0 amide bonds. The van der Waals surface area contributed by atoms with Crippen LogP contribution in [0.15, 0.2) is 24.5 Å². The molecule has 0 saturated carbocycles. The number of pyridine rings is 1. The second kappa shape index (κ2) is 5.90. The molecule has 106 valence electrons. The van der Waals surface area contributed by atoms with E-state index in [1.54, 1.807) is 4.68 Å². The van der Waals surface area contributed by atoms with Crippen molar-refractivity contribution in [3.63, 3.8) is 0 Å². The third kappa shape index (κ3) is 3.07. The molecule has 0 atom stereocenters. The monoisotopic (exact) mass is 272 g/mol. The lowest BCUT2D eigenvalue weighted by Gasteiger charge is -2.27. The van der Waals surface area contributed by atoms with Gasteiger partial charge in [0.2, 0.25) is 0 Å². The summed E-state index contributed by atoms with van der Waals surface area (Å²) in [6, 6.07) is 4.16. The third-order valence-corrected chi connectivity index (χ3v) is 3.55. The highest BCUT2D eigenvalue weighted by molar-refractivity contribution is 5.48. The van der Waals surface area contributed by atoms with Crippen molar-refractivity contribution < 1.29 is 0 Å². The van der Waals surface area contributed by atoms with Crippen molar-refractivity contribution in [1.29, 1.82) is 0 Å². The van der Waals surface area contributed by atoms with Crippen LogP contribution in [0.25, 0.3) is 0 Å². The normalized spacial score (nSPS) is 15.3. The molecule has 1 aliphatic rings. The minimum absolute atomic E-state index is 0.665. The second-order valence-corrected chi connectivity index (χ2v) is 5.19. The first kappa shape index (κ1) is 12.9. The molecular formula is C14H20N6. The van der Waals surface area contributed by atoms with Gasteiger partial charge in [0.05, 0.1) is 18.4 Å². The Morgan fingerprint density at radius 2 is 2.05 bits per heavy atom. The first-order chi connectivity index (χ1) is 9.81. The van der Waals surface area contributed by atoms with Gasteiger partial charge in [-0.25, -0.2) is 4.98 Å². The van der Waals surface area contributed by atoms with Gasteiger partial charge in [-0.3, -0.25) is 4.68 Å². The molecule has 0 aromatic carbocycles. The maximum absolute atomic E-state index is 4.54. The van der Waals surface area contributed by atoms with Crippen molar-refractivity contribution in [2.24, 2.45) is 7.05 Å². The van der Waals surface area contributed by atoms with Crippen LogP contribution in [-0.4, -0.2) is 33.1 Å². The molecule has 3 rings (SSSR count). The van der Waals surface area contributed by atoms with Crippen LogP contribution < -0.4 is 10.2 Å². The van der Waals surface area contributed by atoms with E-state index in [0.717, 1.165) is 30.3 Å². The first-order valence-electron chi connectivity index (χ1n) is 7.11. The minimum atomic E-state index is 0.665. The maximum Gasteiger partial charge on any atom is 0.128 e. The van der Waals surface area contributed by atoms with Gasteiger partial charge in [0, 0.05) is 26.3 Å². The Morgan fingerprint density at radius 3 is 2.70 bits per heavy atom. The van der Waals surface area contributed by atoms with Crippen molar-refractivity contribution in [3.8, 4) is 0 Å². The smallest absolute Gasteiger partial charge is 0.128 e. The fourth-order valence-electron chi connectivity index (χ4n) is 2.47. The van der Waals surface area contributed by atoms with E-state index in [-0.39, 0.29) is 0 Å². The van der Waals surface area contributed by atoms with E-state index in [2.05, 4.69) is 37.6 Å². The highest BCUT2D eigenvalue weighted by atomic mass is 15.4. The van der Waals surface area contributed by atoms with Crippen molar-refractivity contribution >= 4 is 11.5 Å². The average molecular weight is 272 g/mol. The molecule has 0 radical (unpaired) electrons. The van der Waals surface area contributed by atoms with Gasteiger partial charge in [0.1, 0.15) is 11.5 Å². The first-order valence-corrected chi connectivity index (χ1v) is 7.11. The zero-order valence-corrected chi connectivity index (χ0v) is 11.8. The summed E-state index contributed by atoms with van der Waals surface area (Å²) >= 11 is 0. The SMILES string of the molecule is Cn1cc(CNc2ccc(N3CCCCC3)nc2)nn1. The van der Waals surface area contributed by atoms with Crippen LogP contribution in [0.2, 0.25) is 0 Å². The Morgan fingerprint density at radius 1 is 1.20 bits per heavy atom. The van der Waals surface area contributed by atoms with Crippen LogP contribution in [0, 0.1) is 0 Å². The molecule has 1 fully saturated rings. The van der Waals surface area contributed by atoms with Gasteiger partial charge >= 0.3 is 0 Å². The van der Waals surface area contributed by atoms with E-state index in [4.69, 9.17) is 0 Å². The number of piperidine rings is 1. The summed E-state index contributed by atoms with van der Waals surface area (Å²) < 4.78 is 1.70. The van der Waals surface area contributed by atoms with Gasteiger partial charge in [-0.2, -0.15) is 0 Å². The number of nitrogens with one attached hydrogen (secondary N) is 1. The largest absolute Gasteiger partial charge is 0.378 e. The molecule has 0 bridgehead atoms. The van der Waals surface area contributed by atoms with Crippen LogP contribution in [-0.2, 0) is 13.6 Å². The molecule has 6 heteroatoms. The van der Waals surface area contributed by atoms with Gasteiger partial charge in [-0.15, -0.1) is 5.10 Å². The molecular weight excluding hydrogens is 252 g/mol. The number of aryl methyl sites for hydroxylation is 1. The molecule has 2 aromatic heterocycles. The number of hydrogen-bond acceptors (Lipinski definition) is 5. The molecule has 1 aliphatic heterocycles. The fraction of sp³-hybridized carbons (Fsp3) is 0.500. The van der Waals surface area contributed by atoms with Crippen LogP contribution >= 0.6 is 0 Å². The average Bonchev–Trinajstić information content (AvgIpc) is 2.92. The van der Waals surface area contributed by atoms with E-state index in [1.807, 2.05) is 19.4 Å². The summed E-state index contributed by atoms with van der Waals surface area (Å²) in [4.78, 5) is 6.90. The zero-order chi connectivity index (χ0) is 13.8. The number of rotatable bonds is 4. The lowest BCUT2D eigenvalue weighted by Crippen LogP contribution is -2.30. The summed E-state index contributed by atoms with van der Waals surface area (Å²) in [5, 5.41) is 11.3. The van der Waals surface area contributed by atoms with Gasteiger partial charge < -0.3 is 10.2 Å². The van der Waals surface area contributed by atoms with Gasteiger partial charge in [0.25, 0.3) is 0 Å². The quantitative estimate of drug-likeness (QED) is 0.920. The van der Waals surface area contributed by atoms with Gasteiger partial charge in [0.15, 0.2) is 0 Å². The van der Waals surface area contributed by atoms with Crippen molar-refractivity contribution in [2.45, 2.75) is 25.8 Å². The summed E-state index contributed by atoms with van der Waals surface area (Å²) in [7, 11) is 1.87. The lowest BCUT2D eigenvalue weighted by atomic mass is 10.1. The number of nitrogens with zero attached hydrogens (tertiary/aromatic N) is 5. The number of hydrogen-bond donors (Lipinski definition) is 1. The van der Waals surface area contributed by atoms with Crippen LogP contribution in [0.1, 0.15) is 25.0 Å². The Labute approximate surface area is 118 Å². The van der Waals surface area contributed by atoms with Gasteiger partial charge in [-0.1, -0.05) is 5.21 Å². The topological polar surface area (TPSA) is 58.9 Å². The van der Waals surface area contributed by atoms with Gasteiger partial charge in [-0.05, 0) is 31.4 Å². The molecule has 6 nitrogen and oxygen atoms in total. The molecule has 1 N–H and O–H groups in total. The Balaban J connectivity index is 1.58. The maximum atomic E-state index is 4.54. The standard InChI is InChI=1S/C14H20N6/c1-19-11-13(17-18-19)10-15-12-5-6-14(16-9-12)20-7-3-2-4-8-20/h5-6,9,11,15H,2-4,7-8,10H2,1H3. The van der Waals surface area contributed by atoms with E-state index in [9.17, 15) is 0 Å². The summed E-state index contributed by atoms with van der Waals surface area (Å²) in [5.41, 5.74) is 1.93. The van der Waals surface area contributed by atoms with E-state index in [0.29, 0.717) is 6.54 Å². The summed E-state index contributed by atoms with van der Waals surface area (Å²) in [6.07, 6.45) is 7.68. The third-order valence-electron chi connectivity index (χ3n) is 3.55. The van der Waals surface area contributed by atoms with Crippen LogP contribution in [0.5, 0.6) is 0 Å². The number of aromatic nitrogens is 4.